The highest BCUT2D eigenvalue weighted by Crippen LogP contribution is 2.18. The lowest BCUT2D eigenvalue weighted by Crippen LogP contribution is -2.43. The number of carbonyl (C=O) groups is 1. The average molecular weight is 254 g/mol. The topological polar surface area (TPSA) is 32.8 Å². The molecule has 2 rings (SSSR count). The Balaban J connectivity index is 1.75. The monoisotopic (exact) mass is 254 g/mol. The van der Waals surface area contributed by atoms with Crippen LogP contribution in [-0.4, -0.2) is 61.1 Å². The molecule has 0 bridgehead atoms. The number of hydrogen-bond acceptors (Lipinski definition) is 4. The van der Waals surface area contributed by atoms with Crippen LogP contribution in [0, 0.1) is 0 Å². The molecule has 0 spiro atoms. The summed E-state index contributed by atoms with van der Waals surface area (Å²) in [6.07, 6.45) is 6.15. The summed E-state index contributed by atoms with van der Waals surface area (Å²) in [5, 5.41) is 0. The van der Waals surface area contributed by atoms with Crippen molar-refractivity contribution in [3.63, 3.8) is 0 Å². The number of piperidine rings is 1. The average Bonchev–Trinajstić information content (AvgIpc) is 2.86. The fourth-order valence-corrected chi connectivity index (χ4v) is 3.05. The molecule has 0 aromatic heterocycles. The van der Waals surface area contributed by atoms with Crippen molar-refractivity contribution >= 4 is 5.97 Å². The molecular formula is C14H26N2O2. The molecule has 104 valence electrons. The standard InChI is InChI=1S/C14H26N2O2/c1-2-18-14(17)13-7-6-10-16(13)12-11-15-8-4-3-5-9-15/h13H,2-12H2,1H3. The van der Waals surface area contributed by atoms with E-state index in [2.05, 4.69) is 9.80 Å². The quantitative estimate of drug-likeness (QED) is 0.696. The smallest absolute Gasteiger partial charge is 0.323 e. The van der Waals surface area contributed by atoms with E-state index in [1.807, 2.05) is 6.92 Å². The molecule has 4 nitrogen and oxygen atoms in total. The van der Waals surface area contributed by atoms with E-state index in [0.717, 1.165) is 32.5 Å². The maximum Gasteiger partial charge on any atom is 0.323 e. The minimum Gasteiger partial charge on any atom is -0.465 e. The predicted molar refractivity (Wildman–Crippen MR) is 71.5 cm³/mol. The first-order valence-corrected chi connectivity index (χ1v) is 7.44. The van der Waals surface area contributed by atoms with Crippen LogP contribution < -0.4 is 0 Å². The van der Waals surface area contributed by atoms with Crippen molar-refractivity contribution in [2.24, 2.45) is 0 Å². The molecule has 4 heteroatoms. The van der Waals surface area contributed by atoms with Crippen LogP contribution in [0.1, 0.15) is 39.0 Å². The van der Waals surface area contributed by atoms with Gasteiger partial charge in [0.2, 0.25) is 0 Å². The molecule has 18 heavy (non-hydrogen) atoms. The molecular weight excluding hydrogens is 228 g/mol. The van der Waals surface area contributed by atoms with E-state index in [1.54, 1.807) is 0 Å². The Morgan fingerprint density at radius 2 is 1.89 bits per heavy atom. The van der Waals surface area contributed by atoms with E-state index >= 15 is 0 Å². The summed E-state index contributed by atoms with van der Waals surface area (Å²) in [6.45, 7) is 8.02. The van der Waals surface area contributed by atoms with E-state index < -0.39 is 0 Å². The Hall–Kier alpha value is -0.610. The summed E-state index contributed by atoms with van der Waals surface area (Å²) in [5.41, 5.74) is 0. The van der Waals surface area contributed by atoms with Gasteiger partial charge in [-0.2, -0.15) is 0 Å². The molecule has 0 aromatic carbocycles. The molecule has 2 fully saturated rings. The maximum atomic E-state index is 11.8. The van der Waals surface area contributed by atoms with Crippen LogP contribution in [0.3, 0.4) is 0 Å². The third-order valence-corrected chi connectivity index (χ3v) is 4.07. The Morgan fingerprint density at radius 3 is 2.61 bits per heavy atom. The van der Waals surface area contributed by atoms with Gasteiger partial charge >= 0.3 is 5.97 Å². The lowest BCUT2D eigenvalue weighted by Gasteiger charge is -2.30. The highest BCUT2D eigenvalue weighted by atomic mass is 16.5. The number of likely N-dealkylation sites (tertiary alicyclic amines) is 2. The number of rotatable bonds is 5. The molecule has 2 saturated heterocycles. The first-order valence-electron chi connectivity index (χ1n) is 7.44. The van der Waals surface area contributed by atoms with Gasteiger partial charge in [-0.3, -0.25) is 9.69 Å². The van der Waals surface area contributed by atoms with E-state index in [4.69, 9.17) is 4.74 Å². The molecule has 0 amide bonds. The Labute approximate surface area is 110 Å². The van der Waals surface area contributed by atoms with Crippen LogP contribution >= 0.6 is 0 Å². The number of nitrogens with zero attached hydrogens (tertiary/aromatic N) is 2. The van der Waals surface area contributed by atoms with Crippen molar-refractivity contribution in [3.8, 4) is 0 Å². The molecule has 0 aliphatic carbocycles. The highest BCUT2D eigenvalue weighted by molar-refractivity contribution is 5.76. The van der Waals surface area contributed by atoms with Crippen molar-refractivity contribution in [3.05, 3.63) is 0 Å². The largest absolute Gasteiger partial charge is 0.465 e. The molecule has 0 aromatic rings. The minimum atomic E-state index is -0.0198. The van der Waals surface area contributed by atoms with E-state index in [9.17, 15) is 4.79 Å². The van der Waals surface area contributed by atoms with Crippen LogP contribution in [0.5, 0.6) is 0 Å². The van der Waals surface area contributed by atoms with Crippen LogP contribution in [0.4, 0.5) is 0 Å². The van der Waals surface area contributed by atoms with Gasteiger partial charge in [0, 0.05) is 13.1 Å². The fraction of sp³-hybridized carbons (Fsp3) is 0.929. The van der Waals surface area contributed by atoms with Gasteiger partial charge in [-0.25, -0.2) is 0 Å². The normalized spacial score (nSPS) is 26.4. The number of carbonyl (C=O) groups excluding carboxylic acids is 1. The number of ether oxygens (including phenoxy) is 1. The van der Waals surface area contributed by atoms with Gasteiger partial charge in [0.25, 0.3) is 0 Å². The van der Waals surface area contributed by atoms with Gasteiger partial charge in [0.05, 0.1) is 6.61 Å². The predicted octanol–water partition coefficient (Wildman–Crippen LogP) is 1.50. The molecule has 0 saturated carbocycles. The van der Waals surface area contributed by atoms with E-state index in [1.165, 1.54) is 32.4 Å². The van der Waals surface area contributed by atoms with Gasteiger partial charge in [-0.1, -0.05) is 6.42 Å². The maximum absolute atomic E-state index is 11.8. The molecule has 2 heterocycles. The summed E-state index contributed by atoms with van der Waals surface area (Å²) >= 11 is 0. The molecule has 2 aliphatic heterocycles. The third-order valence-electron chi connectivity index (χ3n) is 4.07. The second-order valence-electron chi connectivity index (χ2n) is 5.35. The summed E-state index contributed by atoms with van der Waals surface area (Å²) in [4.78, 5) is 16.7. The van der Waals surface area contributed by atoms with Gasteiger partial charge in [0.1, 0.15) is 6.04 Å². The molecule has 0 N–H and O–H groups in total. The van der Waals surface area contributed by atoms with Gasteiger partial charge in [0.15, 0.2) is 0 Å². The van der Waals surface area contributed by atoms with Crippen molar-refractivity contribution in [1.29, 1.82) is 0 Å². The van der Waals surface area contributed by atoms with Gasteiger partial charge in [-0.05, 0) is 52.2 Å². The summed E-state index contributed by atoms with van der Waals surface area (Å²) in [6, 6.07) is 0.0229. The van der Waals surface area contributed by atoms with Gasteiger partial charge in [-0.15, -0.1) is 0 Å². The number of esters is 1. The van der Waals surface area contributed by atoms with E-state index in [-0.39, 0.29) is 12.0 Å². The lowest BCUT2D eigenvalue weighted by atomic mass is 10.1. The van der Waals surface area contributed by atoms with Crippen LogP contribution in [0.25, 0.3) is 0 Å². The van der Waals surface area contributed by atoms with E-state index in [0.29, 0.717) is 6.61 Å². The molecule has 1 atom stereocenters. The van der Waals surface area contributed by atoms with Gasteiger partial charge < -0.3 is 9.64 Å². The Bertz CT molecular complexity index is 265. The minimum absolute atomic E-state index is 0.0198. The van der Waals surface area contributed by atoms with Crippen molar-refractivity contribution in [2.75, 3.05) is 39.3 Å². The molecule has 2 aliphatic rings. The van der Waals surface area contributed by atoms with Crippen molar-refractivity contribution in [2.45, 2.75) is 45.1 Å². The zero-order valence-electron chi connectivity index (χ0n) is 11.6. The van der Waals surface area contributed by atoms with Crippen LogP contribution in [-0.2, 0) is 9.53 Å². The van der Waals surface area contributed by atoms with Crippen LogP contribution in [0.2, 0.25) is 0 Å². The summed E-state index contributed by atoms with van der Waals surface area (Å²) in [7, 11) is 0. The summed E-state index contributed by atoms with van der Waals surface area (Å²) < 4.78 is 5.15. The zero-order chi connectivity index (χ0) is 12.8. The van der Waals surface area contributed by atoms with Crippen molar-refractivity contribution < 1.29 is 9.53 Å². The SMILES string of the molecule is CCOC(=O)C1CCCN1CCN1CCCCC1. The first kappa shape index (κ1) is 13.8. The highest BCUT2D eigenvalue weighted by Gasteiger charge is 2.31. The first-order chi connectivity index (χ1) is 8.81. The summed E-state index contributed by atoms with van der Waals surface area (Å²) in [5.74, 6) is -0.0198. The lowest BCUT2D eigenvalue weighted by molar-refractivity contribution is -0.148. The zero-order valence-corrected chi connectivity index (χ0v) is 11.6. The van der Waals surface area contributed by atoms with Crippen LogP contribution in [0.15, 0.2) is 0 Å². The fourth-order valence-electron chi connectivity index (χ4n) is 3.05. The Morgan fingerprint density at radius 1 is 1.11 bits per heavy atom. The Kier molecular flexibility index (Phi) is 5.45. The molecule has 1 unspecified atom stereocenters. The number of hydrogen-bond donors (Lipinski definition) is 0. The third kappa shape index (κ3) is 3.69. The second-order valence-corrected chi connectivity index (χ2v) is 5.35. The molecule has 0 radical (unpaired) electrons. The second kappa shape index (κ2) is 7.10. The van der Waals surface area contributed by atoms with Crippen molar-refractivity contribution in [1.82, 2.24) is 9.80 Å².